The molecule has 0 saturated heterocycles. The van der Waals surface area contributed by atoms with Gasteiger partial charge < -0.3 is 10.2 Å². The van der Waals surface area contributed by atoms with Crippen LogP contribution in [0.15, 0.2) is 132 Å². The highest BCUT2D eigenvalue weighted by Crippen LogP contribution is 2.41. The number of rotatable bonds is 6. The van der Waals surface area contributed by atoms with Gasteiger partial charge in [0.05, 0.1) is 0 Å². The van der Waals surface area contributed by atoms with E-state index in [0.717, 1.165) is 22.3 Å². The van der Waals surface area contributed by atoms with E-state index < -0.39 is 8.58 Å². The van der Waals surface area contributed by atoms with Crippen LogP contribution in [0, 0.1) is 0 Å². The van der Waals surface area contributed by atoms with Crippen LogP contribution in [0.3, 0.4) is 0 Å². The molecule has 4 rings (SSSR count). The zero-order valence-electron chi connectivity index (χ0n) is 16.9. The minimum atomic E-state index is -0.398. The predicted molar refractivity (Wildman–Crippen MR) is 129 cm³/mol. The highest BCUT2D eigenvalue weighted by atomic mass is 31.1. The van der Waals surface area contributed by atoms with Crippen LogP contribution >= 0.6 is 8.58 Å². The number of aliphatic hydroxyl groups is 1. The van der Waals surface area contributed by atoms with Crippen molar-refractivity contribution in [3.63, 3.8) is 0 Å². The van der Waals surface area contributed by atoms with E-state index in [4.69, 9.17) is 0 Å². The van der Waals surface area contributed by atoms with Gasteiger partial charge in [-0.3, -0.25) is 0 Å². The molecule has 0 amide bonds. The molecule has 4 aromatic rings. The van der Waals surface area contributed by atoms with E-state index in [1.165, 1.54) is 0 Å². The Labute approximate surface area is 184 Å². The molecule has 0 aliphatic carbocycles. The molecule has 0 saturated carbocycles. The van der Waals surface area contributed by atoms with Gasteiger partial charge in [0.2, 0.25) is 0 Å². The van der Waals surface area contributed by atoms with Crippen molar-refractivity contribution in [2.75, 3.05) is 0 Å². The molecular formula is C28H22O2P-. The average molecular weight is 421 g/mol. The van der Waals surface area contributed by atoms with Gasteiger partial charge in [-0.15, -0.1) is 0 Å². The van der Waals surface area contributed by atoms with Crippen LogP contribution in [-0.2, 0) is 0 Å². The van der Waals surface area contributed by atoms with Crippen molar-refractivity contribution < 1.29 is 10.2 Å². The average Bonchev–Trinajstić information content (AvgIpc) is 2.82. The van der Waals surface area contributed by atoms with Crippen LogP contribution in [0.4, 0.5) is 0 Å². The van der Waals surface area contributed by atoms with Gasteiger partial charge in [-0.25, -0.2) is 0 Å². The van der Waals surface area contributed by atoms with E-state index >= 15 is 0 Å². The summed E-state index contributed by atoms with van der Waals surface area (Å²) in [5.74, 6) is 0. The lowest BCUT2D eigenvalue weighted by Crippen LogP contribution is -2.05. The number of aliphatic hydroxyl groups excluding tert-OH is 1. The highest BCUT2D eigenvalue weighted by Gasteiger charge is 2.13. The Bertz CT molecular complexity index is 1000. The summed E-state index contributed by atoms with van der Waals surface area (Å²) in [5, 5.41) is 24.7. The standard InChI is InChI=1S/C28H23O2P/c29-27(25(21-13-5-1-6-14-21)22-15-7-2-8-16-22)31-28(30)26(23-17-9-3-10-18-23)24-19-11-4-12-20-24/h1-20,29-31H/p-1. The van der Waals surface area contributed by atoms with Gasteiger partial charge in [-0.1, -0.05) is 127 Å². The Balaban J connectivity index is 1.85. The summed E-state index contributed by atoms with van der Waals surface area (Å²) in [6.07, 6.45) is 0. The molecule has 0 radical (unpaired) electrons. The van der Waals surface area contributed by atoms with Crippen LogP contribution in [0.5, 0.6) is 0 Å². The Morgan fingerprint density at radius 2 is 0.774 bits per heavy atom. The van der Waals surface area contributed by atoms with Crippen molar-refractivity contribution in [1.82, 2.24) is 0 Å². The molecule has 2 nitrogen and oxygen atoms in total. The molecule has 1 unspecified atom stereocenters. The quantitative estimate of drug-likeness (QED) is 0.288. The molecule has 0 spiro atoms. The first kappa shape index (κ1) is 20.7. The predicted octanol–water partition coefficient (Wildman–Crippen LogP) is 6.42. The maximum absolute atomic E-state index is 13.5. The number of hydrogen-bond acceptors (Lipinski definition) is 2. The summed E-state index contributed by atoms with van der Waals surface area (Å²) < 4.78 is 0. The fourth-order valence-corrected chi connectivity index (χ4v) is 4.56. The summed E-state index contributed by atoms with van der Waals surface area (Å²) >= 11 is 0. The number of benzene rings is 4. The van der Waals surface area contributed by atoms with Gasteiger partial charge in [0, 0.05) is 5.57 Å². The summed E-state index contributed by atoms with van der Waals surface area (Å²) in [5.41, 5.74) is 4.76. The summed E-state index contributed by atoms with van der Waals surface area (Å²) in [4.78, 5) is 0. The smallest absolute Gasteiger partial charge is 0.123 e. The Morgan fingerprint density at radius 1 is 0.484 bits per heavy atom. The van der Waals surface area contributed by atoms with Crippen molar-refractivity contribution in [3.05, 3.63) is 155 Å². The lowest BCUT2D eigenvalue weighted by atomic mass is 9.99. The molecule has 3 heteroatoms. The van der Waals surface area contributed by atoms with Gasteiger partial charge in [0.15, 0.2) is 0 Å². The van der Waals surface area contributed by atoms with Gasteiger partial charge in [-0.05, 0) is 36.4 Å². The Kier molecular flexibility index (Phi) is 6.62. The van der Waals surface area contributed by atoms with E-state index in [-0.39, 0.29) is 11.0 Å². The molecule has 0 heterocycles. The third-order valence-corrected chi connectivity index (χ3v) is 5.91. The molecule has 0 aliphatic rings. The Hall–Kier alpha value is -3.61. The minimum absolute atomic E-state index is 0.0896. The second kappa shape index (κ2) is 9.93. The molecule has 31 heavy (non-hydrogen) atoms. The van der Waals surface area contributed by atoms with Gasteiger partial charge >= 0.3 is 0 Å². The maximum atomic E-state index is 13.5. The second-order valence-electron chi connectivity index (χ2n) is 7.02. The lowest BCUT2D eigenvalue weighted by Gasteiger charge is -2.22. The molecule has 152 valence electrons. The van der Waals surface area contributed by atoms with E-state index in [1.807, 2.05) is 121 Å². The van der Waals surface area contributed by atoms with E-state index in [0.29, 0.717) is 11.1 Å². The molecule has 0 bridgehead atoms. The molecule has 4 aromatic carbocycles. The molecule has 0 fully saturated rings. The zero-order chi connectivity index (χ0) is 21.5. The van der Waals surface area contributed by atoms with Crippen molar-refractivity contribution in [2.45, 2.75) is 0 Å². The third-order valence-electron chi connectivity index (χ3n) is 4.95. The first-order chi connectivity index (χ1) is 15.2. The third kappa shape index (κ3) is 4.94. The topological polar surface area (TPSA) is 43.3 Å². The van der Waals surface area contributed by atoms with E-state index in [9.17, 15) is 10.2 Å². The van der Waals surface area contributed by atoms with Crippen molar-refractivity contribution >= 4 is 19.7 Å². The Morgan fingerprint density at radius 3 is 1.10 bits per heavy atom. The first-order valence-electron chi connectivity index (χ1n) is 10.1. The van der Waals surface area contributed by atoms with Crippen LogP contribution in [0.1, 0.15) is 22.3 Å². The monoisotopic (exact) mass is 421 g/mol. The van der Waals surface area contributed by atoms with Crippen LogP contribution in [0.25, 0.3) is 11.1 Å². The van der Waals surface area contributed by atoms with E-state index in [1.54, 1.807) is 0 Å². The van der Waals surface area contributed by atoms with Crippen molar-refractivity contribution in [2.24, 2.45) is 0 Å². The highest BCUT2D eigenvalue weighted by molar-refractivity contribution is 7.47. The second-order valence-corrected chi connectivity index (χ2v) is 8.19. The zero-order valence-corrected chi connectivity index (χ0v) is 17.9. The van der Waals surface area contributed by atoms with Gasteiger partial charge in [0.25, 0.3) is 0 Å². The first-order valence-corrected chi connectivity index (χ1v) is 11.1. The van der Waals surface area contributed by atoms with Crippen molar-refractivity contribution in [3.8, 4) is 0 Å². The lowest BCUT2D eigenvalue weighted by molar-refractivity contribution is -0.283. The summed E-state index contributed by atoms with van der Waals surface area (Å²) in [6.45, 7) is 0. The fourth-order valence-electron chi connectivity index (χ4n) is 3.52. The fraction of sp³-hybridized carbons (Fsp3) is 0. The van der Waals surface area contributed by atoms with Gasteiger partial charge in [0.1, 0.15) is 5.50 Å². The van der Waals surface area contributed by atoms with Gasteiger partial charge in [-0.2, -0.15) is 0 Å². The van der Waals surface area contributed by atoms with Crippen LogP contribution in [0.2, 0.25) is 0 Å². The molecule has 1 N–H and O–H groups in total. The maximum Gasteiger partial charge on any atom is 0.123 e. The summed E-state index contributed by atoms with van der Waals surface area (Å²) in [6, 6.07) is 38.7. The largest absolute Gasteiger partial charge is 0.872 e. The molecule has 1 atom stereocenters. The number of hydrogen-bond donors (Lipinski definition) is 1. The molecular weight excluding hydrogens is 399 g/mol. The summed E-state index contributed by atoms with van der Waals surface area (Å²) in [7, 11) is -0.398. The van der Waals surface area contributed by atoms with Crippen LogP contribution in [-0.4, -0.2) is 5.11 Å². The molecule has 0 aromatic heterocycles. The normalized spacial score (nSPS) is 10.7. The molecule has 0 aliphatic heterocycles. The SMILES string of the molecule is [O-]C(PC(O)=C(c1ccccc1)c1ccccc1)=C(c1ccccc1)c1ccccc1. The van der Waals surface area contributed by atoms with Crippen molar-refractivity contribution in [1.29, 1.82) is 0 Å². The van der Waals surface area contributed by atoms with E-state index in [2.05, 4.69) is 0 Å². The van der Waals surface area contributed by atoms with Crippen LogP contribution < -0.4 is 5.11 Å². The minimum Gasteiger partial charge on any atom is -0.872 e.